The molecule has 5 nitrogen and oxygen atoms in total. The van der Waals surface area contributed by atoms with Crippen LogP contribution in [0.3, 0.4) is 0 Å². The number of thioether (sulfide) groups is 1. The summed E-state index contributed by atoms with van der Waals surface area (Å²) in [6, 6.07) is 15.2. The molecule has 138 valence electrons. The smallest absolute Gasteiger partial charge is 0.234 e. The first-order valence-electron chi connectivity index (χ1n) is 8.58. The molecule has 1 aliphatic heterocycles. The van der Waals surface area contributed by atoms with Gasteiger partial charge in [-0.3, -0.25) is 9.59 Å². The van der Waals surface area contributed by atoms with Gasteiger partial charge in [0.15, 0.2) is 11.7 Å². The van der Waals surface area contributed by atoms with Crippen LogP contribution in [-0.4, -0.2) is 22.4 Å². The molecule has 0 saturated heterocycles. The van der Waals surface area contributed by atoms with Gasteiger partial charge in [0.05, 0.1) is 23.2 Å². The summed E-state index contributed by atoms with van der Waals surface area (Å²) in [6.07, 6.45) is 0. The van der Waals surface area contributed by atoms with Gasteiger partial charge in [-0.15, -0.1) is 23.1 Å². The van der Waals surface area contributed by atoms with Crippen molar-refractivity contribution in [2.75, 3.05) is 11.1 Å². The summed E-state index contributed by atoms with van der Waals surface area (Å²) in [5, 5.41) is 14.7. The molecule has 0 bridgehead atoms. The number of fused-ring (bicyclic) bond motifs is 1. The number of thiazole rings is 1. The van der Waals surface area contributed by atoms with Gasteiger partial charge in [0.2, 0.25) is 5.91 Å². The van der Waals surface area contributed by atoms with E-state index < -0.39 is 5.92 Å². The Morgan fingerprint density at radius 2 is 2.04 bits per heavy atom. The molecule has 1 atom stereocenters. The van der Waals surface area contributed by atoms with E-state index in [1.165, 1.54) is 23.1 Å². The number of nitriles is 1. The second kappa shape index (κ2) is 7.58. The summed E-state index contributed by atoms with van der Waals surface area (Å²) < 4.78 is 0. The standard InChI is InChI=1S/C21H15N3O2S2/c1-12-2-4-13(5-3-12)17-10-28-21(24-17)15(9-22)20(26)14-6-7-18-16(8-14)23-19(25)11-27-18/h2-8,10,15H,11H2,1H3,(H,23,25)/t15-/m1/s1. The van der Waals surface area contributed by atoms with Crippen LogP contribution in [-0.2, 0) is 4.79 Å². The van der Waals surface area contributed by atoms with Crippen LogP contribution in [0.5, 0.6) is 0 Å². The Labute approximate surface area is 170 Å². The Bertz CT molecular complexity index is 1110. The van der Waals surface area contributed by atoms with E-state index in [0.717, 1.165) is 21.7 Å². The first kappa shape index (κ1) is 18.4. The highest BCUT2D eigenvalue weighted by Crippen LogP contribution is 2.34. The third-order valence-corrected chi connectivity index (χ3v) is 6.39. The van der Waals surface area contributed by atoms with Crippen molar-refractivity contribution in [2.24, 2.45) is 0 Å². The number of hydrogen-bond acceptors (Lipinski definition) is 6. The number of carbonyl (C=O) groups is 2. The van der Waals surface area contributed by atoms with Gasteiger partial charge in [-0.2, -0.15) is 5.26 Å². The number of benzene rings is 2. The zero-order valence-electron chi connectivity index (χ0n) is 14.9. The maximum Gasteiger partial charge on any atom is 0.234 e. The average molecular weight is 406 g/mol. The van der Waals surface area contributed by atoms with Crippen LogP contribution in [0.25, 0.3) is 11.3 Å². The summed E-state index contributed by atoms with van der Waals surface area (Å²) in [7, 11) is 0. The summed E-state index contributed by atoms with van der Waals surface area (Å²) in [4.78, 5) is 30.0. The molecule has 3 aromatic rings. The van der Waals surface area contributed by atoms with E-state index in [2.05, 4.69) is 16.4 Å². The molecular formula is C21H15N3O2S2. The molecule has 1 aromatic heterocycles. The maximum absolute atomic E-state index is 13.0. The minimum atomic E-state index is -0.978. The predicted molar refractivity (Wildman–Crippen MR) is 111 cm³/mol. The predicted octanol–water partition coefficient (Wildman–Crippen LogP) is 4.65. The van der Waals surface area contributed by atoms with E-state index >= 15 is 0 Å². The van der Waals surface area contributed by atoms with Crippen molar-refractivity contribution < 1.29 is 9.59 Å². The number of nitrogens with zero attached hydrogens (tertiary/aromatic N) is 2. The second-order valence-corrected chi connectivity index (χ2v) is 8.32. The quantitative estimate of drug-likeness (QED) is 0.639. The van der Waals surface area contributed by atoms with Crippen LogP contribution in [0.4, 0.5) is 5.69 Å². The summed E-state index contributed by atoms with van der Waals surface area (Å²) in [6.45, 7) is 2.01. The number of carbonyl (C=O) groups excluding carboxylic acids is 2. The van der Waals surface area contributed by atoms with E-state index in [1.54, 1.807) is 18.2 Å². The molecule has 0 spiro atoms. The molecule has 0 aliphatic carbocycles. The molecular weight excluding hydrogens is 390 g/mol. The van der Waals surface area contributed by atoms with Crippen LogP contribution in [0, 0.1) is 18.3 Å². The minimum absolute atomic E-state index is 0.0957. The van der Waals surface area contributed by atoms with Crippen LogP contribution >= 0.6 is 23.1 Å². The summed E-state index contributed by atoms with van der Waals surface area (Å²) in [5.41, 5.74) is 3.86. The molecule has 28 heavy (non-hydrogen) atoms. The Hall–Kier alpha value is -2.95. The fourth-order valence-electron chi connectivity index (χ4n) is 2.91. The van der Waals surface area contributed by atoms with Crippen molar-refractivity contribution in [1.82, 2.24) is 4.98 Å². The van der Waals surface area contributed by atoms with Crippen LogP contribution in [0.1, 0.15) is 26.8 Å². The molecule has 1 N–H and O–H groups in total. The van der Waals surface area contributed by atoms with Gasteiger partial charge in [-0.1, -0.05) is 35.9 Å². The van der Waals surface area contributed by atoms with Gasteiger partial charge in [-0.05, 0) is 19.1 Å². The number of amides is 1. The molecule has 1 aliphatic rings. The summed E-state index contributed by atoms with van der Waals surface area (Å²) in [5.74, 6) is -1.03. The Balaban J connectivity index is 1.62. The van der Waals surface area contributed by atoms with E-state index in [1.807, 2.05) is 36.6 Å². The van der Waals surface area contributed by atoms with Crippen molar-refractivity contribution >= 4 is 40.5 Å². The SMILES string of the molecule is Cc1ccc(-c2csc([C@H](C#N)C(=O)c3ccc4c(c3)NC(=O)CS4)n2)cc1. The topological polar surface area (TPSA) is 82.9 Å². The normalized spacial score (nSPS) is 13.9. The number of aromatic nitrogens is 1. The highest BCUT2D eigenvalue weighted by atomic mass is 32.2. The second-order valence-electron chi connectivity index (χ2n) is 6.41. The molecule has 0 fully saturated rings. The molecule has 0 unspecified atom stereocenters. The Kier molecular flexibility index (Phi) is 4.99. The molecule has 1 amide bonds. The number of nitrogens with one attached hydrogen (secondary N) is 1. The van der Waals surface area contributed by atoms with Crippen LogP contribution < -0.4 is 5.32 Å². The maximum atomic E-state index is 13.0. The number of Topliss-reactive ketones (excluding diaryl/α,β-unsaturated/α-hetero) is 1. The van der Waals surface area contributed by atoms with E-state index in [0.29, 0.717) is 22.0 Å². The molecule has 2 heterocycles. The minimum Gasteiger partial charge on any atom is -0.324 e. The third-order valence-electron chi connectivity index (χ3n) is 4.40. The van der Waals surface area contributed by atoms with Crippen LogP contribution in [0.2, 0.25) is 0 Å². The Morgan fingerprint density at radius 1 is 1.25 bits per heavy atom. The van der Waals surface area contributed by atoms with Crippen molar-refractivity contribution in [2.45, 2.75) is 17.7 Å². The number of rotatable bonds is 4. The van der Waals surface area contributed by atoms with Crippen LogP contribution in [0.15, 0.2) is 52.7 Å². The van der Waals surface area contributed by atoms with Gasteiger partial charge in [0.25, 0.3) is 0 Å². The zero-order valence-corrected chi connectivity index (χ0v) is 16.6. The molecule has 2 aromatic carbocycles. The average Bonchev–Trinajstić information content (AvgIpc) is 3.18. The van der Waals surface area contributed by atoms with Crippen molar-refractivity contribution in [3.63, 3.8) is 0 Å². The highest BCUT2D eigenvalue weighted by molar-refractivity contribution is 8.00. The fourth-order valence-corrected chi connectivity index (χ4v) is 4.56. The lowest BCUT2D eigenvalue weighted by molar-refractivity contribution is -0.113. The molecule has 0 radical (unpaired) electrons. The number of anilines is 1. The number of ketones is 1. The lowest BCUT2D eigenvalue weighted by atomic mass is 9.99. The van der Waals surface area contributed by atoms with Crippen molar-refractivity contribution in [3.05, 3.63) is 64.0 Å². The van der Waals surface area contributed by atoms with E-state index in [-0.39, 0.29) is 11.7 Å². The largest absolute Gasteiger partial charge is 0.324 e. The van der Waals surface area contributed by atoms with Gasteiger partial charge in [0, 0.05) is 21.4 Å². The third kappa shape index (κ3) is 3.57. The fraction of sp³-hybridized carbons (Fsp3) is 0.143. The Morgan fingerprint density at radius 3 is 2.79 bits per heavy atom. The first-order valence-corrected chi connectivity index (χ1v) is 10.4. The molecule has 7 heteroatoms. The van der Waals surface area contributed by atoms with Gasteiger partial charge < -0.3 is 5.32 Å². The number of hydrogen-bond donors (Lipinski definition) is 1. The lowest BCUT2D eigenvalue weighted by Gasteiger charge is -2.17. The molecule has 4 rings (SSSR count). The zero-order chi connectivity index (χ0) is 19.7. The number of aryl methyl sites for hydroxylation is 1. The van der Waals surface area contributed by atoms with Gasteiger partial charge in [0.1, 0.15) is 5.01 Å². The highest BCUT2D eigenvalue weighted by Gasteiger charge is 2.26. The van der Waals surface area contributed by atoms with Crippen molar-refractivity contribution in [1.29, 1.82) is 5.26 Å². The van der Waals surface area contributed by atoms with Gasteiger partial charge >= 0.3 is 0 Å². The summed E-state index contributed by atoms with van der Waals surface area (Å²) >= 11 is 2.74. The van der Waals surface area contributed by atoms with E-state index in [4.69, 9.17) is 0 Å². The molecule has 0 saturated carbocycles. The van der Waals surface area contributed by atoms with E-state index in [9.17, 15) is 14.9 Å². The van der Waals surface area contributed by atoms with Crippen molar-refractivity contribution in [3.8, 4) is 17.3 Å². The monoisotopic (exact) mass is 405 g/mol. The van der Waals surface area contributed by atoms with Gasteiger partial charge in [-0.25, -0.2) is 4.98 Å². The first-order chi connectivity index (χ1) is 13.5. The lowest BCUT2D eigenvalue weighted by Crippen LogP contribution is -2.19.